The van der Waals surface area contributed by atoms with Gasteiger partial charge in [-0.2, -0.15) is 5.10 Å². The summed E-state index contributed by atoms with van der Waals surface area (Å²) in [6, 6.07) is 17.4. The first-order valence-corrected chi connectivity index (χ1v) is 9.54. The Morgan fingerprint density at radius 3 is 2.46 bits per heavy atom. The summed E-state index contributed by atoms with van der Waals surface area (Å²) in [5, 5.41) is 5.42. The van der Waals surface area contributed by atoms with Crippen molar-refractivity contribution in [1.29, 1.82) is 0 Å². The number of carbonyl (C=O) groups is 1. The van der Waals surface area contributed by atoms with Crippen LogP contribution < -0.4 is 0 Å². The molecule has 1 aromatic heterocycles. The number of para-hydroxylation sites is 1. The highest BCUT2D eigenvalue weighted by atomic mass is 35.5. The molecule has 142 valence electrons. The van der Waals surface area contributed by atoms with E-state index in [2.05, 4.69) is 0 Å². The zero-order chi connectivity index (χ0) is 19.3. The number of halogens is 1. The van der Waals surface area contributed by atoms with Crippen molar-refractivity contribution in [3.8, 4) is 16.9 Å². The molecule has 0 atom stereocenters. The van der Waals surface area contributed by atoms with Crippen molar-refractivity contribution in [1.82, 2.24) is 14.7 Å². The van der Waals surface area contributed by atoms with Gasteiger partial charge in [-0.15, -0.1) is 0 Å². The zero-order valence-electron chi connectivity index (χ0n) is 15.3. The fraction of sp³-hybridized carbons (Fsp3) is 0.182. The molecule has 1 saturated heterocycles. The van der Waals surface area contributed by atoms with Gasteiger partial charge in [-0.05, 0) is 30.3 Å². The number of carbonyl (C=O) groups excluding carboxylic acids is 1. The molecule has 3 aromatic rings. The maximum atomic E-state index is 12.5. The number of aromatic nitrogens is 2. The van der Waals surface area contributed by atoms with Gasteiger partial charge in [0.2, 0.25) is 5.91 Å². The number of rotatable bonds is 4. The maximum Gasteiger partial charge on any atom is 0.246 e. The van der Waals surface area contributed by atoms with Crippen LogP contribution in [0.2, 0.25) is 5.02 Å². The quantitative estimate of drug-likeness (QED) is 0.628. The molecule has 0 radical (unpaired) electrons. The lowest BCUT2D eigenvalue weighted by atomic mass is 10.1. The van der Waals surface area contributed by atoms with Crippen LogP contribution in [0.5, 0.6) is 0 Å². The number of hydrogen-bond donors (Lipinski definition) is 0. The Hall–Kier alpha value is -2.89. The highest BCUT2D eigenvalue weighted by Crippen LogP contribution is 2.26. The van der Waals surface area contributed by atoms with Gasteiger partial charge in [0.1, 0.15) is 0 Å². The molecule has 0 bridgehead atoms. The molecule has 6 heteroatoms. The average Bonchev–Trinajstić information content (AvgIpc) is 3.18. The predicted molar refractivity (Wildman–Crippen MR) is 110 cm³/mol. The van der Waals surface area contributed by atoms with E-state index in [0.29, 0.717) is 31.3 Å². The van der Waals surface area contributed by atoms with Gasteiger partial charge in [0, 0.05) is 41.5 Å². The Labute approximate surface area is 168 Å². The second kappa shape index (κ2) is 8.42. The molecule has 1 fully saturated rings. The molecule has 1 aliphatic rings. The first kappa shape index (κ1) is 18.5. The minimum Gasteiger partial charge on any atom is -0.378 e. The standard InChI is InChI=1S/C22H20ClN3O2/c23-19-9-6-17(7-10-19)22-18(8-11-21(27)25-12-14-28-15-13-25)16-26(24-22)20-4-2-1-3-5-20/h1-11,16H,12-15H2/b11-8-. The van der Waals surface area contributed by atoms with E-state index in [9.17, 15) is 4.79 Å². The van der Waals surface area contributed by atoms with Gasteiger partial charge < -0.3 is 9.64 Å². The Kier molecular flexibility index (Phi) is 5.55. The van der Waals surface area contributed by atoms with Crippen molar-refractivity contribution in [2.45, 2.75) is 0 Å². The summed E-state index contributed by atoms with van der Waals surface area (Å²) < 4.78 is 7.13. The lowest BCUT2D eigenvalue weighted by Crippen LogP contribution is -2.39. The van der Waals surface area contributed by atoms with Crippen LogP contribution in [0.25, 0.3) is 23.0 Å². The summed E-state index contributed by atoms with van der Waals surface area (Å²) in [6.07, 6.45) is 5.37. The Morgan fingerprint density at radius 2 is 1.75 bits per heavy atom. The molecule has 0 N–H and O–H groups in total. The largest absolute Gasteiger partial charge is 0.378 e. The van der Waals surface area contributed by atoms with Gasteiger partial charge in [0.05, 0.1) is 24.6 Å². The summed E-state index contributed by atoms with van der Waals surface area (Å²) in [5.74, 6) is -0.0159. The summed E-state index contributed by atoms with van der Waals surface area (Å²) in [6.45, 7) is 2.41. The lowest BCUT2D eigenvalue weighted by Gasteiger charge is -2.25. The van der Waals surface area contributed by atoms with Crippen LogP contribution in [0, 0.1) is 0 Å². The molecule has 28 heavy (non-hydrogen) atoms. The van der Waals surface area contributed by atoms with Gasteiger partial charge in [-0.3, -0.25) is 4.79 Å². The minimum atomic E-state index is -0.0159. The van der Waals surface area contributed by atoms with Gasteiger partial charge in [-0.25, -0.2) is 4.68 Å². The number of benzene rings is 2. The molecule has 1 amide bonds. The molecular weight excluding hydrogens is 374 g/mol. The number of amides is 1. The van der Waals surface area contributed by atoms with Crippen molar-refractivity contribution >= 4 is 23.6 Å². The number of nitrogens with zero attached hydrogens (tertiary/aromatic N) is 3. The number of ether oxygens (including phenoxy) is 1. The van der Waals surface area contributed by atoms with E-state index in [4.69, 9.17) is 21.4 Å². The Balaban J connectivity index is 1.67. The summed E-state index contributed by atoms with van der Waals surface area (Å²) >= 11 is 6.03. The maximum absolute atomic E-state index is 12.5. The predicted octanol–water partition coefficient (Wildman–Crippen LogP) is 4.06. The van der Waals surface area contributed by atoms with Crippen LogP contribution in [0.1, 0.15) is 5.56 Å². The topological polar surface area (TPSA) is 47.4 Å². The Bertz CT molecular complexity index is 975. The zero-order valence-corrected chi connectivity index (χ0v) is 16.0. The molecular formula is C22H20ClN3O2. The fourth-order valence-corrected chi connectivity index (χ4v) is 3.23. The van der Waals surface area contributed by atoms with Gasteiger partial charge >= 0.3 is 0 Å². The summed E-state index contributed by atoms with van der Waals surface area (Å²) in [4.78, 5) is 14.3. The van der Waals surface area contributed by atoms with Crippen molar-refractivity contribution in [3.63, 3.8) is 0 Å². The van der Waals surface area contributed by atoms with Crippen molar-refractivity contribution in [3.05, 3.63) is 77.5 Å². The first-order chi connectivity index (χ1) is 13.7. The van der Waals surface area contributed by atoms with Gasteiger partial charge in [0.15, 0.2) is 0 Å². The summed E-state index contributed by atoms with van der Waals surface area (Å²) in [7, 11) is 0. The minimum absolute atomic E-state index is 0.0159. The first-order valence-electron chi connectivity index (χ1n) is 9.16. The fourth-order valence-electron chi connectivity index (χ4n) is 3.10. The molecule has 0 spiro atoms. The number of hydrogen-bond acceptors (Lipinski definition) is 3. The Morgan fingerprint density at radius 1 is 1.04 bits per heavy atom. The van der Waals surface area contributed by atoms with Gasteiger partial charge in [-0.1, -0.05) is 41.9 Å². The van der Waals surface area contributed by atoms with E-state index in [1.54, 1.807) is 11.0 Å². The number of morpholine rings is 1. The third-order valence-corrected chi connectivity index (χ3v) is 4.86. The van der Waals surface area contributed by atoms with E-state index in [1.807, 2.05) is 71.6 Å². The second-order valence-corrected chi connectivity index (χ2v) is 6.93. The second-order valence-electron chi connectivity index (χ2n) is 6.49. The lowest BCUT2D eigenvalue weighted by molar-refractivity contribution is -0.129. The van der Waals surface area contributed by atoms with E-state index in [0.717, 1.165) is 22.5 Å². The van der Waals surface area contributed by atoms with Crippen LogP contribution in [-0.4, -0.2) is 46.9 Å². The average molecular weight is 394 g/mol. The van der Waals surface area contributed by atoms with E-state index < -0.39 is 0 Å². The molecule has 4 rings (SSSR count). The third kappa shape index (κ3) is 4.16. The normalized spacial score (nSPS) is 14.5. The molecule has 0 unspecified atom stereocenters. The molecule has 0 saturated carbocycles. The smallest absolute Gasteiger partial charge is 0.246 e. The van der Waals surface area contributed by atoms with Crippen molar-refractivity contribution in [2.75, 3.05) is 26.3 Å². The van der Waals surface area contributed by atoms with E-state index >= 15 is 0 Å². The van der Waals surface area contributed by atoms with Crippen LogP contribution in [0.3, 0.4) is 0 Å². The molecule has 5 nitrogen and oxygen atoms in total. The summed E-state index contributed by atoms with van der Waals surface area (Å²) in [5.41, 5.74) is 3.56. The van der Waals surface area contributed by atoms with Crippen LogP contribution in [0.15, 0.2) is 66.9 Å². The van der Waals surface area contributed by atoms with E-state index in [1.165, 1.54) is 0 Å². The van der Waals surface area contributed by atoms with Crippen LogP contribution in [0.4, 0.5) is 0 Å². The van der Waals surface area contributed by atoms with E-state index in [-0.39, 0.29) is 5.91 Å². The molecule has 2 heterocycles. The van der Waals surface area contributed by atoms with Crippen LogP contribution in [-0.2, 0) is 9.53 Å². The highest BCUT2D eigenvalue weighted by molar-refractivity contribution is 6.30. The highest BCUT2D eigenvalue weighted by Gasteiger charge is 2.15. The molecule has 1 aliphatic heterocycles. The third-order valence-electron chi connectivity index (χ3n) is 4.61. The molecule has 2 aromatic carbocycles. The van der Waals surface area contributed by atoms with Crippen LogP contribution >= 0.6 is 11.6 Å². The van der Waals surface area contributed by atoms with Gasteiger partial charge in [0.25, 0.3) is 0 Å². The molecule has 0 aliphatic carbocycles. The monoisotopic (exact) mass is 393 g/mol. The van der Waals surface area contributed by atoms with Crippen molar-refractivity contribution < 1.29 is 9.53 Å². The SMILES string of the molecule is O=C(/C=C\c1cn(-c2ccccc2)nc1-c1ccc(Cl)cc1)N1CCOCC1. The van der Waals surface area contributed by atoms with Crippen molar-refractivity contribution in [2.24, 2.45) is 0 Å².